The summed E-state index contributed by atoms with van der Waals surface area (Å²) in [6.07, 6.45) is 2.53. The Balaban J connectivity index is 1.80. The molecule has 30 heavy (non-hydrogen) atoms. The quantitative estimate of drug-likeness (QED) is 0.603. The molecule has 4 rings (SSSR count). The zero-order valence-electron chi connectivity index (χ0n) is 16.4. The Morgan fingerprint density at radius 1 is 1.07 bits per heavy atom. The smallest absolute Gasteiger partial charge is 0.170 e. The summed E-state index contributed by atoms with van der Waals surface area (Å²) in [5.41, 5.74) is 1.71. The molecule has 0 saturated carbocycles. The van der Waals surface area contributed by atoms with Crippen LogP contribution < -0.4 is 14.2 Å². The van der Waals surface area contributed by atoms with E-state index in [2.05, 4.69) is 4.98 Å². The molecule has 5 nitrogen and oxygen atoms in total. The highest BCUT2D eigenvalue weighted by atomic mass is 19.1. The van der Waals surface area contributed by atoms with Crippen molar-refractivity contribution in [2.24, 2.45) is 0 Å². The minimum absolute atomic E-state index is 0.0542. The lowest BCUT2D eigenvalue weighted by atomic mass is 9.99. The molecule has 1 aliphatic rings. The van der Waals surface area contributed by atoms with Crippen molar-refractivity contribution < 1.29 is 27.8 Å². The van der Waals surface area contributed by atoms with Gasteiger partial charge in [-0.15, -0.1) is 0 Å². The van der Waals surface area contributed by atoms with Gasteiger partial charge in [0.05, 0.1) is 19.3 Å². The molecule has 0 fully saturated rings. The molecule has 7 heteroatoms. The highest BCUT2D eigenvalue weighted by molar-refractivity contribution is 6.00. The largest absolute Gasteiger partial charge is 0.494 e. The van der Waals surface area contributed by atoms with E-state index in [0.29, 0.717) is 22.4 Å². The molecule has 0 saturated heterocycles. The molecule has 0 spiro atoms. The van der Waals surface area contributed by atoms with Crippen molar-refractivity contribution >= 4 is 5.78 Å². The average molecular weight is 411 g/mol. The van der Waals surface area contributed by atoms with Crippen LogP contribution in [0.4, 0.5) is 8.78 Å². The number of benzene rings is 2. The zero-order chi connectivity index (χ0) is 21.3. The number of nitrogens with zero attached hydrogens (tertiary/aromatic N) is 1. The van der Waals surface area contributed by atoms with Gasteiger partial charge in [0.1, 0.15) is 11.9 Å². The first-order valence-electron chi connectivity index (χ1n) is 9.38. The number of carbonyl (C=O) groups is 1. The summed E-state index contributed by atoms with van der Waals surface area (Å²) in [6, 6.07) is 8.97. The molecule has 0 N–H and O–H groups in total. The van der Waals surface area contributed by atoms with Crippen LogP contribution in [0.1, 0.15) is 39.6 Å². The third-order valence-electron chi connectivity index (χ3n) is 5.01. The number of pyridine rings is 1. The lowest BCUT2D eigenvalue weighted by Gasteiger charge is -2.25. The Morgan fingerprint density at radius 3 is 2.53 bits per heavy atom. The molecule has 0 unspecified atom stereocenters. The van der Waals surface area contributed by atoms with Crippen LogP contribution in [0.5, 0.6) is 17.2 Å². The normalized spacial score (nSPS) is 13.9. The molecule has 1 aromatic heterocycles. The topological polar surface area (TPSA) is 57.7 Å². The van der Waals surface area contributed by atoms with Crippen LogP contribution in [0.2, 0.25) is 0 Å². The number of methoxy groups -OCH3 is 1. The molecule has 0 bridgehead atoms. The lowest BCUT2D eigenvalue weighted by molar-refractivity contribution is 0.0931. The predicted molar refractivity (Wildman–Crippen MR) is 105 cm³/mol. The van der Waals surface area contributed by atoms with E-state index < -0.39 is 17.7 Å². The number of ketones is 1. The van der Waals surface area contributed by atoms with Gasteiger partial charge in [-0.05, 0) is 42.8 Å². The van der Waals surface area contributed by atoms with Gasteiger partial charge in [-0.1, -0.05) is 6.07 Å². The maximum atomic E-state index is 15.0. The number of hydrogen-bond donors (Lipinski definition) is 0. The van der Waals surface area contributed by atoms with Gasteiger partial charge in [0.15, 0.2) is 28.9 Å². The number of fused-ring (bicyclic) bond motifs is 1. The van der Waals surface area contributed by atoms with Crippen molar-refractivity contribution in [1.82, 2.24) is 4.98 Å². The number of halogens is 2. The van der Waals surface area contributed by atoms with Crippen molar-refractivity contribution in [1.29, 1.82) is 0 Å². The Morgan fingerprint density at radius 2 is 1.83 bits per heavy atom. The van der Waals surface area contributed by atoms with Gasteiger partial charge in [0.2, 0.25) is 0 Å². The van der Waals surface area contributed by atoms with Gasteiger partial charge >= 0.3 is 0 Å². The standard InChI is InChI=1S/C23H19F2NO4/c1-13-21-16(19(27)7-10-29-21)12-18(25)22(13)30-23(14-5-8-26-9-6-14)15-3-4-20(28-2)17(24)11-15/h3-6,8-9,11-12,23H,7,10H2,1-2H3/t23-/m1/s1. The highest BCUT2D eigenvalue weighted by Gasteiger charge is 2.28. The number of Topliss-reactive ketones (excluding diaryl/α,β-unsaturated/α-hetero) is 1. The third-order valence-corrected chi connectivity index (χ3v) is 5.01. The minimum atomic E-state index is -0.820. The second-order valence-electron chi connectivity index (χ2n) is 6.88. The van der Waals surface area contributed by atoms with Gasteiger partial charge in [0.25, 0.3) is 0 Å². The Bertz CT molecular complexity index is 1100. The third kappa shape index (κ3) is 3.58. The molecular weight excluding hydrogens is 392 g/mol. The Labute approximate surface area is 172 Å². The molecule has 0 aliphatic carbocycles. The van der Waals surface area contributed by atoms with Crippen LogP contribution in [0.15, 0.2) is 48.8 Å². The fourth-order valence-corrected chi connectivity index (χ4v) is 3.49. The fraction of sp³-hybridized carbons (Fsp3) is 0.217. The van der Waals surface area contributed by atoms with Crippen LogP contribution in [0.25, 0.3) is 0 Å². The number of aromatic nitrogens is 1. The van der Waals surface area contributed by atoms with Crippen LogP contribution in [-0.2, 0) is 0 Å². The van der Waals surface area contributed by atoms with E-state index >= 15 is 0 Å². The maximum Gasteiger partial charge on any atom is 0.170 e. The predicted octanol–water partition coefficient (Wildman–Crippen LogP) is 4.81. The van der Waals surface area contributed by atoms with E-state index in [-0.39, 0.29) is 35.9 Å². The number of rotatable bonds is 5. The first-order chi connectivity index (χ1) is 14.5. The van der Waals surface area contributed by atoms with E-state index in [0.717, 1.165) is 6.07 Å². The van der Waals surface area contributed by atoms with Gasteiger partial charge < -0.3 is 14.2 Å². The molecule has 3 aromatic rings. The summed E-state index contributed by atoms with van der Waals surface area (Å²) >= 11 is 0. The second-order valence-corrected chi connectivity index (χ2v) is 6.88. The molecule has 1 atom stereocenters. The lowest BCUT2D eigenvalue weighted by Crippen LogP contribution is -2.18. The molecule has 2 heterocycles. The fourth-order valence-electron chi connectivity index (χ4n) is 3.49. The molecule has 1 aliphatic heterocycles. The maximum absolute atomic E-state index is 15.0. The van der Waals surface area contributed by atoms with Gasteiger partial charge in [0, 0.05) is 29.9 Å². The first-order valence-corrected chi connectivity index (χ1v) is 9.38. The summed E-state index contributed by atoms with van der Waals surface area (Å²) < 4.78 is 46.0. The highest BCUT2D eigenvalue weighted by Crippen LogP contribution is 2.40. The minimum Gasteiger partial charge on any atom is -0.494 e. The van der Waals surface area contributed by atoms with E-state index in [9.17, 15) is 13.6 Å². The monoisotopic (exact) mass is 411 g/mol. The number of ether oxygens (including phenoxy) is 3. The average Bonchev–Trinajstić information content (AvgIpc) is 2.75. The summed E-state index contributed by atoms with van der Waals surface area (Å²) in [7, 11) is 1.38. The Kier molecular flexibility index (Phi) is 5.35. The summed E-state index contributed by atoms with van der Waals surface area (Å²) in [4.78, 5) is 16.1. The van der Waals surface area contributed by atoms with Crippen LogP contribution in [0, 0.1) is 18.6 Å². The summed E-state index contributed by atoms with van der Waals surface area (Å²) in [5.74, 6) is -1.06. The number of hydrogen-bond acceptors (Lipinski definition) is 5. The Hall–Kier alpha value is -3.48. The summed E-state index contributed by atoms with van der Waals surface area (Å²) in [6.45, 7) is 1.86. The zero-order valence-corrected chi connectivity index (χ0v) is 16.4. The molecule has 0 radical (unpaired) electrons. The van der Waals surface area contributed by atoms with Crippen molar-refractivity contribution in [3.63, 3.8) is 0 Å². The van der Waals surface area contributed by atoms with E-state index in [1.165, 1.54) is 19.2 Å². The second kappa shape index (κ2) is 8.10. The van der Waals surface area contributed by atoms with E-state index in [1.54, 1.807) is 37.5 Å². The number of carbonyl (C=O) groups excluding carboxylic acids is 1. The van der Waals surface area contributed by atoms with Crippen molar-refractivity contribution in [3.05, 3.63) is 82.7 Å². The van der Waals surface area contributed by atoms with E-state index in [4.69, 9.17) is 14.2 Å². The molecule has 0 amide bonds. The van der Waals surface area contributed by atoms with Crippen molar-refractivity contribution in [3.8, 4) is 17.2 Å². The van der Waals surface area contributed by atoms with Crippen LogP contribution >= 0.6 is 0 Å². The molecular formula is C23H19F2NO4. The van der Waals surface area contributed by atoms with Crippen LogP contribution in [-0.4, -0.2) is 24.5 Å². The molecule has 2 aromatic carbocycles. The van der Waals surface area contributed by atoms with Crippen LogP contribution in [0.3, 0.4) is 0 Å². The summed E-state index contributed by atoms with van der Waals surface area (Å²) in [5, 5.41) is 0. The first kappa shape index (κ1) is 19.8. The van der Waals surface area contributed by atoms with Crippen molar-refractivity contribution in [2.45, 2.75) is 19.4 Å². The van der Waals surface area contributed by atoms with Gasteiger partial charge in [-0.2, -0.15) is 0 Å². The SMILES string of the molecule is COc1ccc([C@H](Oc2c(F)cc3c(c2C)OCCC3=O)c2ccncc2)cc1F. The molecule has 154 valence electrons. The van der Waals surface area contributed by atoms with Gasteiger partial charge in [-0.3, -0.25) is 9.78 Å². The van der Waals surface area contributed by atoms with Gasteiger partial charge in [-0.25, -0.2) is 8.78 Å². The van der Waals surface area contributed by atoms with E-state index in [1.807, 2.05) is 0 Å². The van der Waals surface area contributed by atoms with Crippen molar-refractivity contribution in [2.75, 3.05) is 13.7 Å².